The summed E-state index contributed by atoms with van der Waals surface area (Å²) in [6, 6.07) is 8.42. The molecule has 0 saturated heterocycles. The number of phenolic OH excluding ortho intramolecular Hbond substituents is 1. The third-order valence-electron chi connectivity index (χ3n) is 4.60. The molecule has 4 rings (SSSR count). The number of furan rings is 1. The van der Waals surface area contributed by atoms with Crippen LogP contribution in [0, 0.1) is 0 Å². The van der Waals surface area contributed by atoms with Gasteiger partial charge in [0.2, 0.25) is 0 Å². The molecule has 1 unspecified atom stereocenters. The van der Waals surface area contributed by atoms with Gasteiger partial charge in [-0.3, -0.25) is 9.89 Å². The Morgan fingerprint density at radius 2 is 2.23 bits per heavy atom. The maximum Gasteiger partial charge on any atom is 0.275 e. The molecule has 0 radical (unpaired) electrons. The highest BCUT2D eigenvalue weighted by Gasteiger charge is 2.42. The average molecular weight is 353 g/mol. The third-order valence-corrected chi connectivity index (χ3v) is 4.60. The van der Waals surface area contributed by atoms with E-state index in [1.54, 1.807) is 35.4 Å². The zero-order valence-corrected chi connectivity index (χ0v) is 14.5. The van der Waals surface area contributed by atoms with E-state index in [1.807, 2.05) is 13.0 Å². The maximum absolute atomic E-state index is 12.9. The van der Waals surface area contributed by atoms with E-state index in [0.29, 0.717) is 29.4 Å². The van der Waals surface area contributed by atoms with Crippen molar-refractivity contribution in [2.45, 2.75) is 19.4 Å². The lowest BCUT2D eigenvalue weighted by atomic mass is 9.97. The Kier molecular flexibility index (Phi) is 3.91. The zero-order valence-electron chi connectivity index (χ0n) is 14.5. The van der Waals surface area contributed by atoms with Crippen LogP contribution in [-0.4, -0.2) is 39.8 Å². The molecule has 1 atom stereocenters. The number of nitrogens with zero attached hydrogens (tertiary/aromatic N) is 2. The van der Waals surface area contributed by atoms with Crippen LogP contribution < -0.4 is 4.74 Å². The molecule has 2 N–H and O–H groups in total. The Hall–Kier alpha value is -3.22. The summed E-state index contributed by atoms with van der Waals surface area (Å²) in [4.78, 5) is 14.7. The average Bonchev–Trinajstić information content (AvgIpc) is 3.35. The molecule has 0 bridgehead atoms. The number of carbonyl (C=O) groups excluding carboxylic acids is 1. The Labute approximate surface area is 150 Å². The first kappa shape index (κ1) is 16.3. The molecule has 134 valence electrons. The minimum absolute atomic E-state index is 0.0568. The monoisotopic (exact) mass is 353 g/mol. The molecule has 1 aliphatic heterocycles. The van der Waals surface area contributed by atoms with Gasteiger partial charge < -0.3 is 19.2 Å². The van der Waals surface area contributed by atoms with Gasteiger partial charge in [-0.25, -0.2) is 0 Å². The van der Waals surface area contributed by atoms with Crippen LogP contribution in [0.15, 0.2) is 41.0 Å². The fourth-order valence-electron chi connectivity index (χ4n) is 3.48. The molecule has 0 fully saturated rings. The van der Waals surface area contributed by atoms with Gasteiger partial charge >= 0.3 is 0 Å². The van der Waals surface area contributed by atoms with Crippen LogP contribution in [0.3, 0.4) is 0 Å². The van der Waals surface area contributed by atoms with E-state index in [9.17, 15) is 9.90 Å². The number of aromatic nitrogens is 2. The van der Waals surface area contributed by atoms with Crippen molar-refractivity contribution >= 4 is 5.91 Å². The Balaban J connectivity index is 1.90. The Morgan fingerprint density at radius 3 is 2.92 bits per heavy atom. The fourth-order valence-corrected chi connectivity index (χ4v) is 3.48. The van der Waals surface area contributed by atoms with E-state index >= 15 is 0 Å². The second kappa shape index (κ2) is 6.25. The SMILES string of the molecule is CCCN1C(=O)c2n[nH]c(-c3ccco3)c2C1c1ccc(O)c(OC)c1. The smallest absolute Gasteiger partial charge is 0.275 e. The van der Waals surface area contributed by atoms with Gasteiger partial charge in [-0.1, -0.05) is 13.0 Å². The van der Waals surface area contributed by atoms with Gasteiger partial charge in [-0.2, -0.15) is 5.10 Å². The van der Waals surface area contributed by atoms with E-state index < -0.39 is 0 Å². The van der Waals surface area contributed by atoms with Gasteiger partial charge in [0, 0.05) is 12.1 Å². The lowest BCUT2D eigenvalue weighted by molar-refractivity contribution is 0.0743. The molecule has 1 amide bonds. The lowest BCUT2D eigenvalue weighted by Gasteiger charge is -2.26. The van der Waals surface area contributed by atoms with Crippen molar-refractivity contribution in [2.75, 3.05) is 13.7 Å². The van der Waals surface area contributed by atoms with E-state index in [1.165, 1.54) is 7.11 Å². The zero-order chi connectivity index (χ0) is 18.3. The molecule has 2 aromatic heterocycles. The normalized spacial score (nSPS) is 16.2. The molecule has 3 heterocycles. The van der Waals surface area contributed by atoms with Crippen LogP contribution in [0.25, 0.3) is 11.5 Å². The number of rotatable bonds is 5. The molecular formula is C19H19N3O4. The van der Waals surface area contributed by atoms with Gasteiger partial charge in [0.25, 0.3) is 5.91 Å². The Bertz CT molecular complexity index is 946. The lowest BCUT2D eigenvalue weighted by Crippen LogP contribution is -2.30. The molecular weight excluding hydrogens is 334 g/mol. The number of ether oxygens (including phenoxy) is 1. The van der Waals surface area contributed by atoms with E-state index in [4.69, 9.17) is 9.15 Å². The van der Waals surface area contributed by atoms with Crippen molar-refractivity contribution in [3.05, 3.63) is 53.4 Å². The molecule has 0 saturated carbocycles. The highest BCUT2D eigenvalue weighted by molar-refractivity contribution is 6.00. The molecule has 26 heavy (non-hydrogen) atoms. The number of carbonyl (C=O) groups is 1. The predicted molar refractivity (Wildman–Crippen MR) is 94.1 cm³/mol. The van der Waals surface area contributed by atoms with Gasteiger partial charge in [0.15, 0.2) is 23.0 Å². The minimum atomic E-state index is -0.328. The van der Waals surface area contributed by atoms with E-state index in [0.717, 1.165) is 17.5 Å². The van der Waals surface area contributed by atoms with Crippen LogP contribution in [0.4, 0.5) is 0 Å². The number of nitrogens with one attached hydrogen (secondary N) is 1. The summed E-state index contributed by atoms with van der Waals surface area (Å²) in [5, 5.41) is 17.1. The maximum atomic E-state index is 12.9. The third kappa shape index (κ3) is 2.35. The number of hydrogen-bond acceptors (Lipinski definition) is 5. The van der Waals surface area contributed by atoms with Crippen LogP contribution >= 0.6 is 0 Å². The van der Waals surface area contributed by atoms with Crippen LogP contribution in [0.2, 0.25) is 0 Å². The number of methoxy groups -OCH3 is 1. The summed E-state index contributed by atoms with van der Waals surface area (Å²) in [6.45, 7) is 2.62. The summed E-state index contributed by atoms with van der Waals surface area (Å²) in [5.74, 6) is 0.928. The van der Waals surface area contributed by atoms with E-state index in [2.05, 4.69) is 10.2 Å². The topological polar surface area (TPSA) is 91.6 Å². The molecule has 1 aliphatic rings. The number of hydrogen-bond donors (Lipinski definition) is 2. The number of phenols is 1. The first-order valence-corrected chi connectivity index (χ1v) is 8.45. The molecule has 0 spiro atoms. The minimum Gasteiger partial charge on any atom is -0.504 e. The van der Waals surface area contributed by atoms with Gasteiger partial charge in [-0.15, -0.1) is 0 Å². The number of fused-ring (bicyclic) bond motifs is 1. The van der Waals surface area contributed by atoms with Crippen LogP contribution in [0.5, 0.6) is 11.5 Å². The number of H-pyrrole nitrogens is 1. The predicted octanol–water partition coefficient (Wildman–Crippen LogP) is 3.34. The van der Waals surface area contributed by atoms with Crippen molar-refractivity contribution in [1.29, 1.82) is 0 Å². The number of amides is 1. The van der Waals surface area contributed by atoms with Crippen LogP contribution in [0.1, 0.15) is 41.0 Å². The summed E-state index contributed by atoms with van der Waals surface area (Å²) >= 11 is 0. The molecule has 3 aromatic rings. The number of benzene rings is 1. The highest BCUT2D eigenvalue weighted by atomic mass is 16.5. The number of aromatic hydroxyl groups is 1. The molecule has 1 aromatic carbocycles. The Morgan fingerprint density at radius 1 is 1.38 bits per heavy atom. The second-order valence-corrected chi connectivity index (χ2v) is 6.17. The van der Waals surface area contributed by atoms with Crippen molar-refractivity contribution < 1.29 is 19.1 Å². The highest BCUT2D eigenvalue weighted by Crippen LogP contribution is 2.44. The van der Waals surface area contributed by atoms with Crippen molar-refractivity contribution in [2.24, 2.45) is 0 Å². The summed E-state index contributed by atoms with van der Waals surface area (Å²) < 4.78 is 10.8. The first-order valence-electron chi connectivity index (χ1n) is 8.45. The summed E-state index contributed by atoms with van der Waals surface area (Å²) in [5.41, 5.74) is 2.72. The number of aromatic amines is 1. The fraction of sp³-hybridized carbons (Fsp3) is 0.263. The summed E-state index contributed by atoms with van der Waals surface area (Å²) in [6.07, 6.45) is 2.41. The van der Waals surface area contributed by atoms with Gasteiger partial charge in [0.1, 0.15) is 5.69 Å². The molecule has 7 nitrogen and oxygen atoms in total. The first-order chi connectivity index (χ1) is 12.7. The van der Waals surface area contributed by atoms with Crippen LogP contribution in [-0.2, 0) is 0 Å². The quantitative estimate of drug-likeness (QED) is 0.734. The molecule has 7 heteroatoms. The van der Waals surface area contributed by atoms with Gasteiger partial charge in [0.05, 0.1) is 19.4 Å². The van der Waals surface area contributed by atoms with Gasteiger partial charge in [-0.05, 0) is 36.2 Å². The second-order valence-electron chi connectivity index (χ2n) is 6.17. The van der Waals surface area contributed by atoms with Crippen molar-refractivity contribution in [3.63, 3.8) is 0 Å². The standard InChI is InChI=1S/C19H19N3O4/c1-3-8-22-18(11-6-7-12(23)14(10-11)25-2)15-16(13-5-4-9-26-13)20-21-17(15)19(22)24/h4-7,9-10,18,23H,3,8H2,1-2H3,(H,20,21). The summed E-state index contributed by atoms with van der Waals surface area (Å²) in [7, 11) is 1.50. The largest absolute Gasteiger partial charge is 0.504 e. The molecule has 0 aliphatic carbocycles. The van der Waals surface area contributed by atoms with Crippen molar-refractivity contribution in [3.8, 4) is 23.0 Å². The van der Waals surface area contributed by atoms with E-state index in [-0.39, 0.29) is 17.7 Å². The van der Waals surface area contributed by atoms with Crippen molar-refractivity contribution in [1.82, 2.24) is 15.1 Å².